The van der Waals surface area contributed by atoms with E-state index < -0.39 is 0 Å². The van der Waals surface area contributed by atoms with Crippen molar-refractivity contribution in [1.29, 1.82) is 0 Å². The predicted molar refractivity (Wildman–Crippen MR) is 73.1 cm³/mol. The Morgan fingerprint density at radius 3 is 2.33 bits per heavy atom. The molecule has 94 valence electrons. The number of hydrogen-bond donors (Lipinski definition) is 1. The third-order valence-corrected chi connectivity index (χ3v) is 2.78. The molecule has 1 N–H and O–H groups in total. The van der Waals surface area contributed by atoms with Crippen molar-refractivity contribution in [2.24, 2.45) is 0 Å². The van der Waals surface area contributed by atoms with E-state index >= 15 is 0 Å². The minimum atomic E-state index is 0.832. The molecule has 2 aromatic carbocycles. The van der Waals surface area contributed by atoms with Crippen molar-refractivity contribution in [3.8, 4) is 11.5 Å². The molecule has 2 aromatic rings. The molecule has 3 heteroatoms. The molecule has 0 fully saturated rings. The van der Waals surface area contributed by atoms with Gasteiger partial charge in [0.1, 0.15) is 11.5 Å². The maximum absolute atomic E-state index is 5.93. The second-order valence-corrected chi connectivity index (χ2v) is 4.11. The van der Waals surface area contributed by atoms with Gasteiger partial charge in [0.15, 0.2) is 0 Å². The molecule has 3 nitrogen and oxygen atoms in total. The van der Waals surface area contributed by atoms with E-state index in [4.69, 9.17) is 9.57 Å². The zero-order valence-electron chi connectivity index (χ0n) is 10.9. The quantitative estimate of drug-likeness (QED) is 0.821. The van der Waals surface area contributed by atoms with Crippen LogP contribution < -0.4 is 10.2 Å². The highest BCUT2D eigenvalue weighted by molar-refractivity contribution is 5.59. The summed E-state index contributed by atoms with van der Waals surface area (Å²) in [4.78, 5) is 4.95. The van der Waals surface area contributed by atoms with Crippen molar-refractivity contribution in [3.05, 3.63) is 53.6 Å². The van der Waals surface area contributed by atoms with E-state index in [0.717, 1.165) is 28.3 Å². The number of benzene rings is 2. The van der Waals surface area contributed by atoms with Crippen LogP contribution in [0.1, 0.15) is 11.1 Å². The van der Waals surface area contributed by atoms with Crippen molar-refractivity contribution in [2.45, 2.75) is 13.8 Å². The van der Waals surface area contributed by atoms with E-state index in [1.807, 2.05) is 56.3 Å². The molecule has 0 atom stereocenters. The number of rotatable bonds is 4. The number of anilines is 1. The summed E-state index contributed by atoms with van der Waals surface area (Å²) in [6.07, 6.45) is 0. The molecule has 0 unspecified atom stereocenters. The maximum Gasteiger partial charge on any atom is 0.135 e. The molecule has 0 bridgehead atoms. The van der Waals surface area contributed by atoms with Gasteiger partial charge >= 0.3 is 0 Å². The maximum atomic E-state index is 5.93. The fourth-order valence-electron chi connectivity index (χ4n) is 1.81. The summed E-state index contributed by atoms with van der Waals surface area (Å²) < 4.78 is 5.93. The zero-order valence-corrected chi connectivity index (χ0v) is 10.9. The lowest BCUT2D eigenvalue weighted by Gasteiger charge is -2.15. The van der Waals surface area contributed by atoms with Gasteiger partial charge in [-0.3, -0.25) is 10.3 Å². The summed E-state index contributed by atoms with van der Waals surface area (Å²) >= 11 is 0. The predicted octanol–water partition coefficient (Wildman–Crippen LogP) is 4.07. The van der Waals surface area contributed by atoms with Crippen molar-refractivity contribution in [2.75, 3.05) is 12.6 Å². The van der Waals surface area contributed by atoms with Crippen LogP contribution in [-0.4, -0.2) is 7.11 Å². The van der Waals surface area contributed by atoms with E-state index in [1.165, 1.54) is 0 Å². The summed E-state index contributed by atoms with van der Waals surface area (Å²) in [7, 11) is 1.59. The highest BCUT2D eigenvalue weighted by Gasteiger charge is 2.09. The van der Waals surface area contributed by atoms with Crippen LogP contribution in [0.15, 0.2) is 42.5 Å². The molecule has 0 saturated heterocycles. The molecule has 0 aliphatic rings. The van der Waals surface area contributed by atoms with Gasteiger partial charge in [-0.1, -0.05) is 24.3 Å². The molecule has 2 rings (SSSR count). The van der Waals surface area contributed by atoms with Crippen LogP contribution in [0.4, 0.5) is 5.69 Å². The zero-order chi connectivity index (χ0) is 13.0. The lowest BCUT2D eigenvalue weighted by atomic mass is 10.1. The first-order valence-corrected chi connectivity index (χ1v) is 5.84. The molecule has 18 heavy (non-hydrogen) atoms. The number of aryl methyl sites for hydroxylation is 1. The second-order valence-electron chi connectivity index (χ2n) is 4.11. The largest absolute Gasteiger partial charge is 0.457 e. The molecule has 0 saturated carbocycles. The van der Waals surface area contributed by atoms with Crippen LogP contribution in [0.3, 0.4) is 0 Å². The minimum absolute atomic E-state index is 0.832. The third-order valence-electron chi connectivity index (χ3n) is 2.78. The molecule has 0 aliphatic carbocycles. The first-order valence-electron chi connectivity index (χ1n) is 5.84. The Morgan fingerprint density at radius 2 is 1.67 bits per heavy atom. The summed E-state index contributed by atoms with van der Waals surface area (Å²) in [5.74, 6) is 1.70. The van der Waals surface area contributed by atoms with Gasteiger partial charge in [-0.05, 0) is 37.6 Å². The molecular formula is C15H17NO2. The Morgan fingerprint density at radius 1 is 0.944 bits per heavy atom. The van der Waals surface area contributed by atoms with Crippen LogP contribution in [0, 0.1) is 13.8 Å². The standard InChI is InChI=1S/C15H17NO2/c1-11-9-10-14(16-17-3)12(2)15(11)18-13-7-5-4-6-8-13/h4-10,16H,1-3H3. The van der Waals surface area contributed by atoms with E-state index in [2.05, 4.69) is 5.48 Å². The first kappa shape index (κ1) is 12.5. The fraction of sp³-hybridized carbons (Fsp3) is 0.200. The first-order chi connectivity index (χ1) is 8.72. The summed E-state index contributed by atoms with van der Waals surface area (Å²) in [5.41, 5.74) is 5.88. The van der Waals surface area contributed by atoms with Gasteiger partial charge < -0.3 is 4.74 Å². The fourth-order valence-corrected chi connectivity index (χ4v) is 1.81. The van der Waals surface area contributed by atoms with Gasteiger partial charge in [0.25, 0.3) is 0 Å². The van der Waals surface area contributed by atoms with Crippen LogP contribution in [0.25, 0.3) is 0 Å². The average molecular weight is 243 g/mol. The number of hydrogen-bond acceptors (Lipinski definition) is 3. The van der Waals surface area contributed by atoms with Gasteiger partial charge in [0.2, 0.25) is 0 Å². The summed E-state index contributed by atoms with van der Waals surface area (Å²) in [6.45, 7) is 4.04. The van der Waals surface area contributed by atoms with Crippen molar-refractivity contribution < 1.29 is 9.57 Å². The molecule has 0 spiro atoms. The Kier molecular flexibility index (Phi) is 3.85. The highest BCUT2D eigenvalue weighted by Crippen LogP contribution is 2.33. The number of para-hydroxylation sites is 1. The Bertz CT molecular complexity index is 524. The van der Waals surface area contributed by atoms with Gasteiger partial charge in [0.05, 0.1) is 12.8 Å². The average Bonchev–Trinajstić information content (AvgIpc) is 2.39. The monoisotopic (exact) mass is 243 g/mol. The van der Waals surface area contributed by atoms with E-state index in [9.17, 15) is 0 Å². The molecule has 0 amide bonds. The normalized spacial score (nSPS) is 10.2. The van der Waals surface area contributed by atoms with Gasteiger partial charge in [0, 0.05) is 5.56 Å². The molecular weight excluding hydrogens is 226 g/mol. The molecule has 0 heterocycles. The van der Waals surface area contributed by atoms with Crippen molar-refractivity contribution in [1.82, 2.24) is 0 Å². The number of nitrogens with one attached hydrogen (secondary N) is 1. The molecule has 0 aromatic heterocycles. The second kappa shape index (κ2) is 5.56. The lowest BCUT2D eigenvalue weighted by molar-refractivity contribution is 0.270. The van der Waals surface area contributed by atoms with E-state index in [-0.39, 0.29) is 0 Å². The smallest absolute Gasteiger partial charge is 0.135 e. The van der Waals surface area contributed by atoms with E-state index in [1.54, 1.807) is 7.11 Å². The Labute approximate surface area is 107 Å². The topological polar surface area (TPSA) is 30.5 Å². The lowest BCUT2D eigenvalue weighted by Crippen LogP contribution is -2.00. The van der Waals surface area contributed by atoms with Crippen LogP contribution >= 0.6 is 0 Å². The number of ether oxygens (including phenoxy) is 1. The van der Waals surface area contributed by atoms with E-state index in [0.29, 0.717) is 0 Å². The summed E-state index contributed by atoms with van der Waals surface area (Å²) in [5, 5.41) is 0. The van der Waals surface area contributed by atoms with Crippen LogP contribution in [0.2, 0.25) is 0 Å². The molecule has 0 aliphatic heterocycles. The van der Waals surface area contributed by atoms with Gasteiger partial charge in [-0.15, -0.1) is 0 Å². The van der Waals surface area contributed by atoms with Gasteiger partial charge in [-0.25, -0.2) is 0 Å². The SMILES string of the molecule is CONc1ccc(C)c(Oc2ccccc2)c1C. The van der Waals surface area contributed by atoms with Crippen molar-refractivity contribution >= 4 is 5.69 Å². The van der Waals surface area contributed by atoms with Crippen molar-refractivity contribution in [3.63, 3.8) is 0 Å². The third kappa shape index (κ3) is 2.63. The summed E-state index contributed by atoms with van der Waals surface area (Å²) in [6, 6.07) is 13.7. The Balaban J connectivity index is 2.34. The van der Waals surface area contributed by atoms with Crippen LogP contribution in [0.5, 0.6) is 11.5 Å². The Hall–Kier alpha value is -2.00. The van der Waals surface area contributed by atoms with Gasteiger partial charge in [-0.2, -0.15) is 0 Å². The minimum Gasteiger partial charge on any atom is -0.457 e. The molecule has 0 radical (unpaired) electrons. The highest BCUT2D eigenvalue weighted by atomic mass is 16.6. The van der Waals surface area contributed by atoms with Crippen LogP contribution in [-0.2, 0) is 4.84 Å².